The molecule has 0 N–H and O–H groups in total. The fourth-order valence-corrected chi connectivity index (χ4v) is 4.17. The van der Waals surface area contributed by atoms with Crippen LogP contribution in [0.1, 0.15) is 42.5 Å². The van der Waals surface area contributed by atoms with Crippen molar-refractivity contribution in [3.05, 3.63) is 22.9 Å². The van der Waals surface area contributed by atoms with Gasteiger partial charge in [0, 0.05) is 43.5 Å². The summed E-state index contributed by atoms with van der Waals surface area (Å²) in [5, 5.41) is 0. The van der Waals surface area contributed by atoms with Crippen LogP contribution in [0, 0.1) is 13.8 Å². The number of aromatic nitrogens is 1. The Kier molecular flexibility index (Phi) is 4.70. The third-order valence-corrected chi connectivity index (χ3v) is 5.31. The minimum absolute atomic E-state index is 0.553. The zero-order chi connectivity index (χ0) is 14.8. The van der Waals surface area contributed by atoms with Gasteiger partial charge in [0.25, 0.3) is 0 Å². The minimum Gasteiger partial charge on any atom is -0.354 e. The topological polar surface area (TPSA) is 19.4 Å². The number of piperazine rings is 1. The smallest absolute Gasteiger partial charge is 0.133 e. The Labute approximate surface area is 133 Å². The van der Waals surface area contributed by atoms with Crippen molar-refractivity contribution in [3.63, 3.8) is 0 Å². The van der Waals surface area contributed by atoms with Gasteiger partial charge in [-0.3, -0.25) is 4.90 Å². The van der Waals surface area contributed by atoms with Crippen molar-refractivity contribution in [2.24, 2.45) is 0 Å². The van der Waals surface area contributed by atoms with Crippen LogP contribution in [0.4, 0.5) is 5.82 Å². The summed E-state index contributed by atoms with van der Waals surface area (Å²) in [5.41, 5.74) is 3.57. The molecular formula is C17H26ClN3. The second-order valence-corrected chi connectivity index (χ2v) is 6.74. The number of halogens is 1. The molecule has 1 saturated carbocycles. The predicted molar refractivity (Wildman–Crippen MR) is 89.3 cm³/mol. The summed E-state index contributed by atoms with van der Waals surface area (Å²) in [5.74, 6) is 1.67. The van der Waals surface area contributed by atoms with E-state index in [0.717, 1.165) is 30.6 Å². The third kappa shape index (κ3) is 3.19. The van der Waals surface area contributed by atoms with E-state index >= 15 is 0 Å². The van der Waals surface area contributed by atoms with Crippen molar-refractivity contribution in [2.75, 3.05) is 31.1 Å². The van der Waals surface area contributed by atoms with E-state index < -0.39 is 0 Å². The normalized spacial score (nSPS) is 21.2. The molecule has 3 rings (SSSR count). The van der Waals surface area contributed by atoms with E-state index in [4.69, 9.17) is 16.6 Å². The molecule has 1 aliphatic carbocycles. The highest BCUT2D eigenvalue weighted by Crippen LogP contribution is 2.28. The molecule has 0 bridgehead atoms. The summed E-state index contributed by atoms with van der Waals surface area (Å²) in [7, 11) is 0. The van der Waals surface area contributed by atoms with Crippen LogP contribution < -0.4 is 4.90 Å². The maximum atomic E-state index is 6.16. The highest BCUT2D eigenvalue weighted by atomic mass is 35.5. The molecule has 2 fully saturated rings. The third-order valence-electron chi connectivity index (χ3n) is 5.04. The second kappa shape index (κ2) is 6.53. The lowest BCUT2D eigenvalue weighted by Gasteiger charge is -2.39. The highest BCUT2D eigenvalue weighted by molar-refractivity contribution is 6.17. The summed E-state index contributed by atoms with van der Waals surface area (Å²) in [4.78, 5) is 9.89. The molecule has 0 aromatic carbocycles. The van der Waals surface area contributed by atoms with E-state index in [1.807, 2.05) is 0 Å². The molecule has 1 aromatic rings. The number of hydrogen-bond donors (Lipinski definition) is 0. The average Bonchev–Trinajstić information content (AvgIpc) is 3.01. The van der Waals surface area contributed by atoms with E-state index in [-0.39, 0.29) is 0 Å². The zero-order valence-electron chi connectivity index (χ0n) is 13.2. The van der Waals surface area contributed by atoms with Gasteiger partial charge in [-0.05, 0) is 38.3 Å². The second-order valence-electron chi connectivity index (χ2n) is 6.48. The van der Waals surface area contributed by atoms with E-state index in [1.165, 1.54) is 49.9 Å². The Bertz CT molecular complexity index is 489. The molecule has 1 aliphatic heterocycles. The van der Waals surface area contributed by atoms with E-state index in [2.05, 4.69) is 29.7 Å². The van der Waals surface area contributed by atoms with E-state index in [0.29, 0.717) is 5.88 Å². The van der Waals surface area contributed by atoms with Gasteiger partial charge in [-0.25, -0.2) is 4.98 Å². The van der Waals surface area contributed by atoms with Crippen LogP contribution in [0.3, 0.4) is 0 Å². The predicted octanol–water partition coefficient (Wildman–Crippen LogP) is 3.50. The fourth-order valence-electron chi connectivity index (χ4n) is 3.84. The largest absolute Gasteiger partial charge is 0.354 e. The molecule has 0 unspecified atom stereocenters. The minimum atomic E-state index is 0.553. The zero-order valence-corrected chi connectivity index (χ0v) is 14.0. The number of aryl methyl sites for hydroxylation is 2. The number of hydrogen-bond acceptors (Lipinski definition) is 3. The van der Waals surface area contributed by atoms with Gasteiger partial charge in [-0.15, -0.1) is 11.6 Å². The molecule has 2 heterocycles. The van der Waals surface area contributed by atoms with Gasteiger partial charge in [-0.2, -0.15) is 0 Å². The summed E-state index contributed by atoms with van der Waals surface area (Å²) in [6.45, 7) is 8.71. The Morgan fingerprint density at radius 2 is 1.81 bits per heavy atom. The molecule has 0 atom stereocenters. The van der Waals surface area contributed by atoms with Crippen LogP contribution in [0.5, 0.6) is 0 Å². The monoisotopic (exact) mass is 307 g/mol. The molecule has 21 heavy (non-hydrogen) atoms. The van der Waals surface area contributed by atoms with Crippen molar-refractivity contribution < 1.29 is 0 Å². The maximum Gasteiger partial charge on any atom is 0.133 e. The molecule has 3 nitrogen and oxygen atoms in total. The molecular weight excluding hydrogens is 282 g/mol. The Morgan fingerprint density at radius 1 is 1.14 bits per heavy atom. The van der Waals surface area contributed by atoms with Crippen molar-refractivity contribution in [1.29, 1.82) is 0 Å². The van der Waals surface area contributed by atoms with Gasteiger partial charge in [0.15, 0.2) is 0 Å². The molecule has 0 radical (unpaired) electrons. The Hall–Kier alpha value is -0.800. The number of pyridine rings is 1. The van der Waals surface area contributed by atoms with Crippen molar-refractivity contribution in [1.82, 2.24) is 9.88 Å². The first-order valence-electron chi connectivity index (χ1n) is 8.21. The molecule has 4 heteroatoms. The molecule has 1 aromatic heterocycles. The molecule has 1 saturated heterocycles. The first-order chi connectivity index (χ1) is 10.2. The first kappa shape index (κ1) is 15.1. The summed E-state index contributed by atoms with van der Waals surface area (Å²) in [6.07, 6.45) is 5.63. The summed E-state index contributed by atoms with van der Waals surface area (Å²) >= 11 is 6.16. The van der Waals surface area contributed by atoms with Gasteiger partial charge in [-0.1, -0.05) is 12.8 Å². The van der Waals surface area contributed by atoms with Crippen LogP contribution in [0.15, 0.2) is 6.07 Å². The van der Waals surface area contributed by atoms with E-state index in [9.17, 15) is 0 Å². The van der Waals surface area contributed by atoms with Gasteiger partial charge < -0.3 is 4.90 Å². The lowest BCUT2D eigenvalue weighted by molar-refractivity contribution is 0.187. The van der Waals surface area contributed by atoms with Crippen molar-refractivity contribution >= 4 is 17.4 Å². The van der Waals surface area contributed by atoms with Crippen LogP contribution in [0.2, 0.25) is 0 Å². The molecule has 0 amide bonds. The van der Waals surface area contributed by atoms with Crippen LogP contribution in [0.25, 0.3) is 0 Å². The summed E-state index contributed by atoms with van der Waals surface area (Å²) in [6, 6.07) is 2.97. The molecule has 0 spiro atoms. The average molecular weight is 308 g/mol. The first-order valence-corrected chi connectivity index (χ1v) is 8.74. The van der Waals surface area contributed by atoms with Crippen LogP contribution >= 0.6 is 11.6 Å². The molecule has 2 aliphatic rings. The van der Waals surface area contributed by atoms with Gasteiger partial charge in [0.1, 0.15) is 5.82 Å². The number of alkyl halides is 1. The number of nitrogens with zero attached hydrogens (tertiary/aromatic N) is 3. The number of anilines is 1. The number of rotatable bonds is 3. The van der Waals surface area contributed by atoms with Crippen LogP contribution in [-0.2, 0) is 5.88 Å². The van der Waals surface area contributed by atoms with Crippen molar-refractivity contribution in [3.8, 4) is 0 Å². The summed E-state index contributed by atoms with van der Waals surface area (Å²) < 4.78 is 0. The SMILES string of the molecule is Cc1cc(C)c(CCl)c(N2CCN(C3CCCC3)CC2)n1. The van der Waals surface area contributed by atoms with Gasteiger partial charge in [0.05, 0.1) is 5.88 Å². The quantitative estimate of drug-likeness (QED) is 0.797. The highest BCUT2D eigenvalue weighted by Gasteiger charge is 2.27. The lowest BCUT2D eigenvalue weighted by Crippen LogP contribution is -2.50. The van der Waals surface area contributed by atoms with Gasteiger partial charge >= 0.3 is 0 Å². The Morgan fingerprint density at radius 3 is 2.43 bits per heavy atom. The van der Waals surface area contributed by atoms with Gasteiger partial charge in [0.2, 0.25) is 0 Å². The van der Waals surface area contributed by atoms with Crippen LogP contribution in [-0.4, -0.2) is 42.1 Å². The van der Waals surface area contributed by atoms with E-state index in [1.54, 1.807) is 0 Å². The van der Waals surface area contributed by atoms with Crippen molar-refractivity contribution in [2.45, 2.75) is 51.5 Å². The molecule has 116 valence electrons. The fraction of sp³-hybridized carbons (Fsp3) is 0.706. The standard InChI is InChI=1S/C17H26ClN3/c1-13-11-14(2)19-17(16(13)12-18)21-9-7-20(8-10-21)15-5-3-4-6-15/h11,15H,3-10,12H2,1-2H3. The lowest BCUT2D eigenvalue weighted by atomic mass is 10.1. The Balaban J connectivity index is 1.71. The maximum absolute atomic E-state index is 6.16.